The van der Waals surface area contributed by atoms with E-state index in [-0.39, 0.29) is 0 Å². The van der Waals surface area contributed by atoms with Crippen LogP contribution in [-0.4, -0.2) is 44.5 Å². The normalized spacial score (nSPS) is 20.1. The first-order chi connectivity index (χ1) is 8.92. The molecule has 18 heavy (non-hydrogen) atoms. The Morgan fingerprint density at radius 2 is 2.39 bits per heavy atom. The number of aromatic nitrogens is 5. The quantitative estimate of drug-likeness (QED) is 0.865. The number of fused-ring (bicyclic) bond motifs is 1. The summed E-state index contributed by atoms with van der Waals surface area (Å²) in [6.45, 7) is 1.75. The van der Waals surface area contributed by atoms with E-state index in [9.17, 15) is 0 Å². The lowest BCUT2D eigenvalue weighted by Crippen LogP contribution is -2.22. The standard InChI is InChI=1S/C11H16N6O/c1-2-8-18-9(3-1)6-7-12-10-4-5-11-13-15-16-17(11)14-10/h4-5,9H,1-3,6-8H2,(H,12,14). The Bertz CT molecular complexity index is 507. The molecule has 1 unspecified atom stereocenters. The predicted molar refractivity (Wildman–Crippen MR) is 65.3 cm³/mol. The molecule has 0 aliphatic carbocycles. The predicted octanol–water partition coefficient (Wildman–Crippen LogP) is 0.890. The van der Waals surface area contributed by atoms with Crippen molar-refractivity contribution in [3.05, 3.63) is 12.1 Å². The van der Waals surface area contributed by atoms with Gasteiger partial charge in [-0.3, -0.25) is 0 Å². The van der Waals surface area contributed by atoms with Crippen molar-refractivity contribution in [2.75, 3.05) is 18.5 Å². The van der Waals surface area contributed by atoms with Gasteiger partial charge in [-0.15, -0.1) is 14.8 Å². The van der Waals surface area contributed by atoms with Crippen LogP contribution in [0.15, 0.2) is 12.1 Å². The molecule has 0 saturated carbocycles. The molecule has 1 fully saturated rings. The molecule has 1 aliphatic rings. The van der Waals surface area contributed by atoms with E-state index < -0.39 is 0 Å². The number of rotatable bonds is 4. The molecule has 1 saturated heterocycles. The third kappa shape index (κ3) is 2.56. The molecular weight excluding hydrogens is 232 g/mol. The molecule has 1 N–H and O–H groups in total. The highest BCUT2D eigenvalue weighted by molar-refractivity contribution is 5.41. The molecule has 0 radical (unpaired) electrons. The van der Waals surface area contributed by atoms with Crippen LogP contribution in [0.5, 0.6) is 0 Å². The summed E-state index contributed by atoms with van der Waals surface area (Å²) in [5, 5.41) is 18.6. The lowest BCUT2D eigenvalue weighted by Gasteiger charge is -2.22. The van der Waals surface area contributed by atoms with Crippen molar-refractivity contribution in [1.82, 2.24) is 25.3 Å². The minimum atomic E-state index is 0.392. The highest BCUT2D eigenvalue weighted by Gasteiger charge is 2.13. The van der Waals surface area contributed by atoms with Gasteiger partial charge in [-0.1, -0.05) is 0 Å². The first-order valence-electron chi connectivity index (χ1n) is 6.33. The minimum absolute atomic E-state index is 0.392. The summed E-state index contributed by atoms with van der Waals surface area (Å²) in [4.78, 5) is 0. The maximum absolute atomic E-state index is 5.68. The van der Waals surface area contributed by atoms with Crippen molar-refractivity contribution in [2.45, 2.75) is 31.8 Å². The molecule has 2 aromatic heterocycles. The molecule has 96 valence electrons. The van der Waals surface area contributed by atoms with Crippen molar-refractivity contribution in [3.8, 4) is 0 Å². The van der Waals surface area contributed by atoms with E-state index in [0.717, 1.165) is 25.4 Å². The summed E-state index contributed by atoms with van der Waals surface area (Å²) >= 11 is 0. The van der Waals surface area contributed by atoms with Gasteiger partial charge >= 0.3 is 0 Å². The Hall–Kier alpha value is -1.76. The first kappa shape index (κ1) is 11.3. The number of nitrogens with zero attached hydrogens (tertiary/aromatic N) is 5. The fourth-order valence-electron chi connectivity index (χ4n) is 2.14. The minimum Gasteiger partial charge on any atom is -0.378 e. The summed E-state index contributed by atoms with van der Waals surface area (Å²) in [5.74, 6) is 0.783. The average molecular weight is 248 g/mol. The summed E-state index contributed by atoms with van der Waals surface area (Å²) in [5.41, 5.74) is 0.649. The van der Waals surface area contributed by atoms with Crippen LogP contribution >= 0.6 is 0 Å². The summed E-state index contributed by atoms with van der Waals surface area (Å²) in [6.07, 6.45) is 5.04. The lowest BCUT2D eigenvalue weighted by molar-refractivity contribution is 0.0134. The van der Waals surface area contributed by atoms with Crippen LogP contribution in [0.25, 0.3) is 5.65 Å². The molecule has 7 heteroatoms. The molecular formula is C11H16N6O. The van der Waals surface area contributed by atoms with Gasteiger partial charge in [0, 0.05) is 13.2 Å². The molecule has 0 bridgehead atoms. The van der Waals surface area contributed by atoms with Gasteiger partial charge in [0.2, 0.25) is 0 Å². The van der Waals surface area contributed by atoms with E-state index in [0.29, 0.717) is 11.8 Å². The van der Waals surface area contributed by atoms with Crippen LogP contribution in [0.3, 0.4) is 0 Å². The van der Waals surface area contributed by atoms with Crippen molar-refractivity contribution < 1.29 is 4.74 Å². The van der Waals surface area contributed by atoms with Crippen LogP contribution < -0.4 is 5.32 Å². The van der Waals surface area contributed by atoms with Crippen molar-refractivity contribution in [3.63, 3.8) is 0 Å². The van der Waals surface area contributed by atoms with Crippen LogP contribution in [-0.2, 0) is 4.74 Å². The van der Waals surface area contributed by atoms with Gasteiger partial charge in [0.1, 0.15) is 5.82 Å². The average Bonchev–Trinajstić information content (AvgIpc) is 2.87. The lowest BCUT2D eigenvalue weighted by atomic mass is 10.1. The Morgan fingerprint density at radius 3 is 3.28 bits per heavy atom. The number of anilines is 1. The monoisotopic (exact) mass is 248 g/mol. The largest absolute Gasteiger partial charge is 0.378 e. The van der Waals surface area contributed by atoms with Crippen molar-refractivity contribution >= 4 is 11.5 Å². The highest BCUT2D eigenvalue weighted by Crippen LogP contribution is 2.15. The summed E-state index contributed by atoms with van der Waals surface area (Å²) in [6, 6.07) is 3.72. The zero-order valence-electron chi connectivity index (χ0n) is 10.1. The zero-order valence-corrected chi connectivity index (χ0v) is 10.1. The van der Waals surface area contributed by atoms with Gasteiger partial charge in [-0.05, 0) is 48.2 Å². The molecule has 3 heterocycles. The molecule has 7 nitrogen and oxygen atoms in total. The maximum Gasteiger partial charge on any atom is 0.200 e. The smallest absolute Gasteiger partial charge is 0.200 e. The van der Waals surface area contributed by atoms with E-state index in [2.05, 4.69) is 25.9 Å². The fraction of sp³-hybridized carbons (Fsp3) is 0.636. The van der Waals surface area contributed by atoms with Crippen LogP contribution in [0.1, 0.15) is 25.7 Å². The van der Waals surface area contributed by atoms with Crippen LogP contribution in [0, 0.1) is 0 Å². The maximum atomic E-state index is 5.68. The molecule has 0 spiro atoms. The second-order valence-corrected chi connectivity index (χ2v) is 4.45. The van der Waals surface area contributed by atoms with Gasteiger partial charge in [0.25, 0.3) is 0 Å². The van der Waals surface area contributed by atoms with Gasteiger partial charge in [-0.2, -0.15) is 0 Å². The third-order valence-electron chi connectivity index (χ3n) is 3.12. The van der Waals surface area contributed by atoms with E-state index >= 15 is 0 Å². The Morgan fingerprint density at radius 1 is 1.39 bits per heavy atom. The zero-order chi connectivity index (χ0) is 12.2. The topological polar surface area (TPSA) is 77.2 Å². The second-order valence-electron chi connectivity index (χ2n) is 4.45. The number of hydrogen-bond donors (Lipinski definition) is 1. The SMILES string of the molecule is c1cc2nnnn2nc1NCCC1CCCCO1. The number of ether oxygens (including phenoxy) is 1. The first-order valence-corrected chi connectivity index (χ1v) is 6.33. The van der Waals surface area contributed by atoms with Gasteiger partial charge < -0.3 is 10.1 Å². The molecule has 3 rings (SSSR count). The van der Waals surface area contributed by atoms with E-state index in [1.54, 1.807) is 0 Å². The molecule has 0 aromatic carbocycles. The van der Waals surface area contributed by atoms with Gasteiger partial charge in [-0.25, -0.2) is 0 Å². The summed E-state index contributed by atoms with van der Waals surface area (Å²) in [7, 11) is 0. The highest BCUT2D eigenvalue weighted by atomic mass is 16.5. The molecule has 0 amide bonds. The van der Waals surface area contributed by atoms with E-state index in [4.69, 9.17) is 4.74 Å². The number of hydrogen-bond acceptors (Lipinski definition) is 6. The fourth-order valence-corrected chi connectivity index (χ4v) is 2.14. The van der Waals surface area contributed by atoms with Gasteiger partial charge in [0.05, 0.1) is 6.10 Å². The molecule has 2 aromatic rings. The van der Waals surface area contributed by atoms with Crippen LogP contribution in [0.2, 0.25) is 0 Å². The number of tetrazole rings is 1. The molecule has 1 atom stereocenters. The van der Waals surface area contributed by atoms with Crippen molar-refractivity contribution in [2.24, 2.45) is 0 Å². The van der Waals surface area contributed by atoms with Gasteiger partial charge in [0.15, 0.2) is 5.65 Å². The Balaban J connectivity index is 1.52. The van der Waals surface area contributed by atoms with Crippen molar-refractivity contribution in [1.29, 1.82) is 0 Å². The molecule has 1 aliphatic heterocycles. The second kappa shape index (κ2) is 5.26. The Kier molecular flexibility index (Phi) is 3.31. The Labute approximate surface area is 105 Å². The third-order valence-corrected chi connectivity index (χ3v) is 3.12. The number of nitrogens with one attached hydrogen (secondary N) is 1. The van der Waals surface area contributed by atoms with Crippen LogP contribution in [0.4, 0.5) is 5.82 Å². The summed E-state index contributed by atoms with van der Waals surface area (Å²) < 4.78 is 7.09. The van der Waals surface area contributed by atoms with E-state index in [1.807, 2.05) is 12.1 Å². The van der Waals surface area contributed by atoms with E-state index in [1.165, 1.54) is 23.9 Å².